The molecule has 22 heavy (non-hydrogen) atoms. The van der Waals surface area contributed by atoms with Gasteiger partial charge in [0.15, 0.2) is 0 Å². The third-order valence-corrected chi connectivity index (χ3v) is 3.00. The number of hydrogen-bond donors (Lipinski definition) is 2. The molecule has 0 saturated heterocycles. The zero-order chi connectivity index (χ0) is 16.5. The normalized spacial score (nSPS) is 11.8. The van der Waals surface area contributed by atoms with Gasteiger partial charge in [0.25, 0.3) is 0 Å². The van der Waals surface area contributed by atoms with Gasteiger partial charge >= 0.3 is 5.97 Å². The van der Waals surface area contributed by atoms with E-state index in [4.69, 9.17) is 14.6 Å². The van der Waals surface area contributed by atoms with Gasteiger partial charge < -0.3 is 19.9 Å². The largest absolute Gasteiger partial charge is 0.497 e. The zero-order valence-electron chi connectivity index (χ0n) is 13.2. The molecule has 122 valence electrons. The molecule has 1 aromatic carbocycles. The summed E-state index contributed by atoms with van der Waals surface area (Å²) in [4.78, 5) is 22.8. The van der Waals surface area contributed by atoms with Crippen LogP contribution in [0.15, 0.2) is 24.3 Å². The Morgan fingerprint density at radius 1 is 1.18 bits per heavy atom. The summed E-state index contributed by atoms with van der Waals surface area (Å²) in [5.41, 5.74) is 0. The maximum absolute atomic E-state index is 11.8. The van der Waals surface area contributed by atoms with Gasteiger partial charge in [0.2, 0.25) is 5.91 Å². The molecule has 0 unspecified atom stereocenters. The molecule has 0 aliphatic rings. The highest BCUT2D eigenvalue weighted by atomic mass is 16.5. The molecule has 0 fully saturated rings. The van der Waals surface area contributed by atoms with Crippen LogP contribution in [0.3, 0.4) is 0 Å². The van der Waals surface area contributed by atoms with Gasteiger partial charge in [0.05, 0.1) is 20.1 Å². The van der Waals surface area contributed by atoms with Crippen LogP contribution >= 0.6 is 0 Å². The van der Waals surface area contributed by atoms with Crippen LogP contribution in [0.2, 0.25) is 0 Å². The molecule has 1 rings (SSSR count). The molecule has 1 aromatic rings. The van der Waals surface area contributed by atoms with Crippen molar-refractivity contribution in [2.75, 3.05) is 13.7 Å². The first-order valence-electron chi connectivity index (χ1n) is 7.21. The van der Waals surface area contributed by atoms with Crippen molar-refractivity contribution in [2.24, 2.45) is 5.92 Å². The lowest BCUT2D eigenvalue weighted by Gasteiger charge is -2.16. The highest BCUT2D eigenvalue weighted by Gasteiger charge is 2.20. The molecule has 0 heterocycles. The third kappa shape index (κ3) is 6.47. The first-order valence-corrected chi connectivity index (χ1v) is 7.21. The number of hydrogen-bond acceptors (Lipinski definition) is 4. The van der Waals surface area contributed by atoms with Crippen molar-refractivity contribution in [3.63, 3.8) is 0 Å². The monoisotopic (exact) mass is 309 g/mol. The Morgan fingerprint density at radius 2 is 1.77 bits per heavy atom. The van der Waals surface area contributed by atoms with Crippen LogP contribution in [0.5, 0.6) is 11.5 Å². The molecule has 0 aliphatic heterocycles. The summed E-state index contributed by atoms with van der Waals surface area (Å²) in [5.74, 6) is 0.199. The number of nitrogens with one attached hydrogen (secondary N) is 1. The number of amides is 1. The number of rotatable bonds is 9. The highest BCUT2D eigenvalue weighted by Crippen LogP contribution is 2.17. The Kier molecular flexibility index (Phi) is 7.22. The quantitative estimate of drug-likeness (QED) is 0.729. The zero-order valence-corrected chi connectivity index (χ0v) is 13.2. The van der Waals surface area contributed by atoms with Crippen LogP contribution in [0, 0.1) is 5.92 Å². The molecule has 0 radical (unpaired) electrons. The Labute approximate surface area is 130 Å². The Hall–Kier alpha value is -2.24. The fourth-order valence-corrected chi connectivity index (χ4v) is 1.89. The summed E-state index contributed by atoms with van der Waals surface area (Å²) in [7, 11) is 1.58. The second kappa shape index (κ2) is 8.92. The van der Waals surface area contributed by atoms with Crippen molar-refractivity contribution < 1.29 is 24.2 Å². The fraction of sp³-hybridized carbons (Fsp3) is 0.500. The van der Waals surface area contributed by atoms with Crippen LogP contribution in [-0.4, -0.2) is 36.7 Å². The van der Waals surface area contributed by atoms with E-state index >= 15 is 0 Å². The number of carbonyl (C=O) groups is 2. The minimum Gasteiger partial charge on any atom is -0.497 e. The van der Waals surface area contributed by atoms with Gasteiger partial charge in [0, 0.05) is 0 Å². The van der Waals surface area contributed by atoms with Crippen molar-refractivity contribution in [1.29, 1.82) is 0 Å². The van der Waals surface area contributed by atoms with Gasteiger partial charge in [-0.3, -0.25) is 4.79 Å². The summed E-state index contributed by atoms with van der Waals surface area (Å²) in [5, 5.41) is 11.6. The topological polar surface area (TPSA) is 84.9 Å². The van der Waals surface area contributed by atoms with E-state index in [9.17, 15) is 9.59 Å². The van der Waals surface area contributed by atoms with E-state index in [1.165, 1.54) is 0 Å². The predicted molar refractivity (Wildman–Crippen MR) is 82.1 cm³/mol. The number of carboxylic acid groups (broad SMARTS) is 1. The van der Waals surface area contributed by atoms with Crippen LogP contribution in [0.25, 0.3) is 0 Å². The van der Waals surface area contributed by atoms with Gasteiger partial charge in [-0.1, -0.05) is 13.8 Å². The summed E-state index contributed by atoms with van der Waals surface area (Å²) in [6.07, 6.45) is 0.508. The summed E-state index contributed by atoms with van der Waals surface area (Å²) < 4.78 is 10.5. The van der Waals surface area contributed by atoms with Gasteiger partial charge in [-0.05, 0) is 36.6 Å². The fourth-order valence-electron chi connectivity index (χ4n) is 1.89. The molecule has 1 atom stereocenters. The maximum Gasteiger partial charge on any atom is 0.326 e. The van der Waals surface area contributed by atoms with E-state index in [1.54, 1.807) is 31.4 Å². The van der Waals surface area contributed by atoms with Gasteiger partial charge in [-0.15, -0.1) is 0 Å². The van der Waals surface area contributed by atoms with Gasteiger partial charge in [-0.2, -0.15) is 0 Å². The van der Waals surface area contributed by atoms with Crippen LogP contribution in [0.1, 0.15) is 26.7 Å². The number of carboxylic acids is 1. The SMILES string of the molecule is COc1ccc(OCCC(=O)N[C@H](CC(C)C)C(=O)O)cc1. The molecular weight excluding hydrogens is 286 g/mol. The highest BCUT2D eigenvalue weighted by molar-refractivity contribution is 5.83. The van der Waals surface area contributed by atoms with Crippen molar-refractivity contribution in [2.45, 2.75) is 32.7 Å². The van der Waals surface area contributed by atoms with Crippen LogP contribution in [0.4, 0.5) is 0 Å². The average Bonchev–Trinajstić information content (AvgIpc) is 2.46. The van der Waals surface area contributed by atoms with E-state index < -0.39 is 12.0 Å². The van der Waals surface area contributed by atoms with Crippen LogP contribution in [-0.2, 0) is 9.59 Å². The second-order valence-electron chi connectivity index (χ2n) is 5.36. The summed E-state index contributed by atoms with van der Waals surface area (Å²) in [6.45, 7) is 4.01. The molecule has 2 N–H and O–H groups in total. The lowest BCUT2D eigenvalue weighted by atomic mass is 10.0. The predicted octanol–water partition coefficient (Wildman–Crippen LogP) is 2.08. The molecule has 0 spiro atoms. The number of benzene rings is 1. The second-order valence-corrected chi connectivity index (χ2v) is 5.36. The van der Waals surface area contributed by atoms with Crippen LogP contribution < -0.4 is 14.8 Å². The van der Waals surface area contributed by atoms with E-state index in [0.29, 0.717) is 12.2 Å². The Balaban J connectivity index is 2.36. The number of aliphatic carboxylic acids is 1. The Morgan fingerprint density at radius 3 is 2.27 bits per heavy atom. The molecular formula is C16H23NO5. The van der Waals surface area contributed by atoms with Crippen molar-refractivity contribution in [1.82, 2.24) is 5.32 Å². The summed E-state index contributed by atoms with van der Waals surface area (Å²) in [6, 6.07) is 6.16. The number of methoxy groups -OCH3 is 1. The standard InChI is InChI=1S/C16H23NO5/c1-11(2)10-14(16(19)20)17-15(18)8-9-22-13-6-4-12(21-3)5-7-13/h4-7,11,14H,8-10H2,1-3H3,(H,17,18)(H,19,20)/t14-/m1/s1. The minimum atomic E-state index is -1.02. The molecule has 1 amide bonds. The molecule has 6 nitrogen and oxygen atoms in total. The van der Waals surface area contributed by atoms with E-state index in [1.807, 2.05) is 13.8 Å². The molecule has 0 bridgehead atoms. The first-order chi connectivity index (χ1) is 10.4. The number of ether oxygens (including phenoxy) is 2. The van der Waals surface area contributed by atoms with E-state index in [2.05, 4.69) is 5.32 Å². The minimum absolute atomic E-state index is 0.105. The van der Waals surface area contributed by atoms with E-state index in [-0.39, 0.29) is 24.9 Å². The lowest BCUT2D eigenvalue weighted by molar-refractivity contribution is -0.142. The molecule has 0 aromatic heterocycles. The third-order valence-electron chi connectivity index (χ3n) is 3.00. The molecule has 0 aliphatic carbocycles. The van der Waals surface area contributed by atoms with Crippen molar-refractivity contribution in [3.8, 4) is 11.5 Å². The van der Waals surface area contributed by atoms with Crippen molar-refractivity contribution >= 4 is 11.9 Å². The Bertz CT molecular complexity index is 484. The average molecular weight is 309 g/mol. The van der Waals surface area contributed by atoms with Gasteiger partial charge in [-0.25, -0.2) is 4.79 Å². The number of carbonyl (C=O) groups excluding carboxylic acids is 1. The summed E-state index contributed by atoms with van der Waals surface area (Å²) >= 11 is 0. The smallest absolute Gasteiger partial charge is 0.326 e. The van der Waals surface area contributed by atoms with Gasteiger partial charge in [0.1, 0.15) is 17.5 Å². The molecule has 0 saturated carbocycles. The molecule has 6 heteroatoms. The lowest BCUT2D eigenvalue weighted by Crippen LogP contribution is -2.42. The first kappa shape index (κ1) is 17.8. The maximum atomic E-state index is 11.8. The van der Waals surface area contributed by atoms with Crippen molar-refractivity contribution in [3.05, 3.63) is 24.3 Å². The van der Waals surface area contributed by atoms with E-state index in [0.717, 1.165) is 5.75 Å².